The Bertz CT molecular complexity index is 821. The van der Waals surface area contributed by atoms with Gasteiger partial charge in [-0.3, -0.25) is 14.4 Å². The van der Waals surface area contributed by atoms with Gasteiger partial charge in [0.25, 0.3) is 5.91 Å². The van der Waals surface area contributed by atoms with Crippen LogP contribution in [0.15, 0.2) is 47.1 Å². The molecule has 2 aromatic rings. The molecule has 1 aliphatic heterocycles. The van der Waals surface area contributed by atoms with Crippen molar-refractivity contribution in [2.45, 2.75) is 19.0 Å². The van der Waals surface area contributed by atoms with Gasteiger partial charge < -0.3 is 19.7 Å². The van der Waals surface area contributed by atoms with Crippen LogP contribution in [0.4, 0.5) is 0 Å². The summed E-state index contributed by atoms with van der Waals surface area (Å²) < 4.78 is 5.22. The number of carbonyl (C=O) groups is 3. The van der Waals surface area contributed by atoms with Crippen LogP contribution in [0.1, 0.15) is 21.7 Å². The topological polar surface area (TPSA) is 99.9 Å². The molecule has 142 valence electrons. The molecule has 0 bridgehead atoms. The molecule has 2 N–H and O–H groups in total. The number of hydrogen-bond donors (Lipinski definition) is 2. The highest BCUT2D eigenvalue weighted by Crippen LogP contribution is 2.25. The number of furan rings is 1. The Balaban J connectivity index is 1.70. The van der Waals surface area contributed by atoms with Gasteiger partial charge in [0.2, 0.25) is 5.91 Å². The van der Waals surface area contributed by atoms with Gasteiger partial charge in [-0.2, -0.15) is 0 Å². The van der Waals surface area contributed by atoms with Crippen molar-refractivity contribution in [1.82, 2.24) is 10.2 Å². The lowest BCUT2D eigenvalue weighted by Crippen LogP contribution is -2.52. The molecule has 0 fully saturated rings. The van der Waals surface area contributed by atoms with Gasteiger partial charge in [-0.25, -0.2) is 0 Å². The van der Waals surface area contributed by atoms with E-state index in [1.807, 2.05) is 24.3 Å². The van der Waals surface area contributed by atoms with Gasteiger partial charge in [-0.15, -0.1) is 11.8 Å². The van der Waals surface area contributed by atoms with Crippen molar-refractivity contribution in [3.8, 4) is 0 Å². The van der Waals surface area contributed by atoms with E-state index in [1.165, 1.54) is 22.9 Å². The van der Waals surface area contributed by atoms with Gasteiger partial charge in [-0.1, -0.05) is 24.3 Å². The lowest BCUT2D eigenvalue weighted by atomic mass is 9.93. The molecule has 7 nitrogen and oxygen atoms in total. The summed E-state index contributed by atoms with van der Waals surface area (Å²) in [5.74, 6) is -0.770. The van der Waals surface area contributed by atoms with Crippen molar-refractivity contribution >= 4 is 29.5 Å². The fraction of sp³-hybridized carbons (Fsp3) is 0.316. The maximum Gasteiger partial charge on any atom is 0.313 e. The molecule has 0 aliphatic carbocycles. The number of fused-ring (bicyclic) bond motifs is 1. The minimum Gasteiger partial charge on any atom is -0.481 e. The Morgan fingerprint density at radius 2 is 1.96 bits per heavy atom. The molecule has 1 aromatic heterocycles. The predicted molar refractivity (Wildman–Crippen MR) is 100 cm³/mol. The van der Waals surface area contributed by atoms with Crippen LogP contribution >= 0.6 is 11.8 Å². The summed E-state index contributed by atoms with van der Waals surface area (Å²) in [5.41, 5.74) is 2.06. The van der Waals surface area contributed by atoms with Crippen molar-refractivity contribution < 1.29 is 23.9 Å². The first-order valence-corrected chi connectivity index (χ1v) is 9.70. The highest BCUT2D eigenvalue weighted by molar-refractivity contribution is 7.99. The molecule has 1 atom stereocenters. The first-order chi connectivity index (χ1) is 13.1. The molecule has 0 saturated carbocycles. The lowest BCUT2D eigenvalue weighted by molar-refractivity contribution is -0.134. The maximum atomic E-state index is 12.8. The Kier molecular flexibility index (Phi) is 6.18. The van der Waals surface area contributed by atoms with E-state index in [4.69, 9.17) is 9.52 Å². The zero-order valence-electron chi connectivity index (χ0n) is 14.6. The number of carboxylic acid groups (broad SMARTS) is 1. The third-order valence-corrected chi connectivity index (χ3v) is 5.26. The molecule has 1 unspecified atom stereocenters. The van der Waals surface area contributed by atoms with Crippen LogP contribution < -0.4 is 5.32 Å². The van der Waals surface area contributed by atoms with E-state index < -0.39 is 12.0 Å². The monoisotopic (exact) mass is 388 g/mol. The van der Waals surface area contributed by atoms with E-state index in [2.05, 4.69) is 5.32 Å². The molecule has 0 saturated heterocycles. The Morgan fingerprint density at radius 3 is 2.67 bits per heavy atom. The zero-order valence-corrected chi connectivity index (χ0v) is 15.4. The summed E-state index contributed by atoms with van der Waals surface area (Å²) >= 11 is 1.23. The van der Waals surface area contributed by atoms with Crippen LogP contribution in [0, 0.1) is 0 Å². The Labute approximate surface area is 160 Å². The van der Waals surface area contributed by atoms with Crippen LogP contribution in [0.5, 0.6) is 0 Å². The second kappa shape index (κ2) is 8.77. The summed E-state index contributed by atoms with van der Waals surface area (Å²) in [6.07, 6.45) is 1.86. The molecule has 8 heteroatoms. The second-order valence-electron chi connectivity index (χ2n) is 6.14. The summed E-state index contributed by atoms with van der Waals surface area (Å²) in [4.78, 5) is 37.6. The van der Waals surface area contributed by atoms with Gasteiger partial charge in [0, 0.05) is 25.3 Å². The summed E-state index contributed by atoms with van der Waals surface area (Å²) in [5, 5.41) is 11.5. The fourth-order valence-electron chi connectivity index (χ4n) is 3.04. The SMILES string of the molecule is O=C(O)CSCCNC(=O)C1Cc2ccccc2CN1C(=O)c1ccco1. The van der Waals surface area contributed by atoms with Crippen molar-refractivity contribution in [2.24, 2.45) is 0 Å². The van der Waals surface area contributed by atoms with Gasteiger partial charge in [0.1, 0.15) is 6.04 Å². The van der Waals surface area contributed by atoms with E-state index in [0.717, 1.165) is 11.1 Å². The minimum atomic E-state index is -0.884. The van der Waals surface area contributed by atoms with Gasteiger partial charge >= 0.3 is 5.97 Å². The second-order valence-corrected chi connectivity index (χ2v) is 7.24. The number of benzene rings is 1. The van der Waals surface area contributed by atoms with Crippen LogP contribution in [0.2, 0.25) is 0 Å². The molecule has 0 radical (unpaired) electrons. The van der Waals surface area contributed by atoms with E-state index in [9.17, 15) is 14.4 Å². The zero-order chi connectivity index (χ0) is 19.2. The van der Waals surface area contributed by atoms with Gasteiger partial charge in [0.05, 0.1) is 12.0 Å². The van der Waals surface area contributed by atoms with Crippen LogP contribution in [0.3, 0.4) is 0 Å². The van der Waals surface area contributed by atoms with Crippen LogP contribution in [-0.4, -0.2) is 51.9 Å². The number of carbonyl (C=O) groups excluding carboxylic acids is 2. The Morgan fingerprint density at radius 1 is 1.19 bits per heavy atom. The summed E-state index contributed by atoms with van der Waals surface area (Å²) in [7, 11) is 0. The average Bonchev–Trinajstić information content (AvgIpc) is 3.20. The standard InChI is InChI=1S/C19H20N2O5S/c22-17(23)12-27-9-7-20-18(24)15-10-13-4-1-2-5-14(13)11-21(15)19(25)16-6-3-8-26-16/h1-6,8,15H,7,9-12H2,(H,20,24)(H,22,23). The van der Waals surface area contributed by atoms with Crippen LogP contribution in [0.25, 0.3) is 0 Å². The summed E-state index contributed by atoms with van der Waals surface area (Å²) in [6.45, 7) is 0.680. The van der Waals surface area contributed by atoms with E-state index in [0.29, 0.717) is 25.3 Å². The van der Waals surface area contributed by atoms with E-state index >= 15 is 0 Å². The number of amides is 2. The third-order valence-electron chi connectivity index (χ3n) is 4.32. The normalized spacial score (nSPS) is 15.9. The number of nitrogens with one attached hydrogen (secondary N) is 1. The number of hydrogen-bond acceptors (Lipinski definition) is 5. The lowest BCUT2D eigenvalue weighted by Gasteiger charge is -2.35. The molecule has 27 heavy (non-hydrogen) atoms. The van der Waals surface area contributed by atoms with Crippen molar-refractivity contribution in [3.63, 3.8) is 0 Å². The molecule has 1 aromatic carbocycles. The number of thioether (sulfide) groups is 1. The first-order valence-electron chi connectivity index (χ1n) is 8.55. The number of aliphatic carboxylic acids is 1. The molecule has 1 aliphatic rings. The Hall–Kier alpha value is -2.74. The minimum absolute atomic E-state index is 0.00419. The smallest absolute Gasteiger partial charge is 0.313 e. The highest BCUT2D eigenvalue weighted by Gasteiger charge is 2.35. The maximum absolute atomic E-state index is 12.8. The van der Waals surface area contributed by atoms with Crippen molar-refractivity contribution in [3.05, 3.63) is 59.5 Å². The van der Waals surface area contributed by atoms with Crippen molar-refractivity contribution in [2.75, 3.05) is 18.1 Å². The largest absolute Gasteiger partial charge is 0.481 e. The van der Waals surface area contributed by atoms with Gasteiger partial charge in [-0.05, 0) is 23.3 Å². The molecule has 2 amide bonds. The number of nitrogens with zero attached hydrogens (tertiary/aromatic N) is 1. The first kappa shape index (κ1) is 19.0. The summed E-state index contributed by atoms with van der Waals surface area (Å²) in [6, 6.07) is 10.3. The number of carboxylic acids is 1. The predicted octanol–water partition coefficient (Wildman–Crippen LogP) is 1.78. The number of rotatable bonds is 7. The molecule has 0 spiro atoms. The fourth-order valence-corrected chi connectivity index (χ4v) is 3.60. The van der Waals surface area contributed by atoms with E-state index in [-0.39, 0.29) is 23.3 Å². The van der Waals surface area contributed by atoms with E-state index in [1.54, 1.807) is 12.1 Å². The molecular weight excluding hydrogens is 368 g/mol. The molecular formula is C19H20N2O5S. The highest BCUT2D eigenvalue weighted by atomic mass is 32.2. The average molecular weight is 388 g/mol. The third kappa shape index (κ3) is 4.71. The van der Waals surface area contributed by atoms with Crippen LogP contribution in [-0.2, 0) is 22.6 Å². The van der Waals surface area contributed by atoms with Gasteiger partial charge in [0.15, 0.2) is 5.76 Å². The van der Waals surface area contributed by atoms with Crippen molar-refractivity contribution in [1.29, 1.82) is 0 Å². The quantitative estimate of drug-likeness (QED) is 0.702. The molecule has 2 heterocycles. The molecule has 3 rings (SSSR count).